The molecule has 1 spiro atoms. The zero-order chi connectivity index (χ0) is 33.9. The molecule has 0 saturated heterocycles. The van der Waals surface area contributed by atoms with E-state index in [1.807, 2.05) is 30.3 Å². The average molecular weight is 656 g/mol. The molecule has 8 aromatic rings. The second kappa shape index (κ2) is 11.6. The van der Waals surface area contributed by atoms with Crippen molar-refractivity contribution < 1.29 is 4.42 Å². The van der Waals surface area contributed by atoms with Crippen molar-refractivity contribution >= 4 is 21.9 Å². The number of fused-ring (bicyclic) bond motifs is 8. The van der Waals surface area contributed by atoms with Crippen LogP contribution in [-0.4, -0.2) is 9.97 Å². The van der Waals surface area contributed by atoms with Gasteiger partial charge in [-0.15, -0.1) is 0 Å². The number of rotatable bonds is 4. The molecule has 10 rings (SSSR count). The average Bonchev–Trinajstić information content (AvgIpc) is 3.70. The lowest BCUT2D eigenvalue weighted by Gasteiger charge is -2.36. The van der Waals surface area contributed by atoms with Crippen LogP contribution in [0, 0.1) is 11.3 Å². The standard InChI is InChI=1S/C47H33N3O/c48-29-30-17-20-35-36-21-18-32(27-41(36)47(40(35)25-30)23-9-2-10-24-47)34-13-5-6-15-38(34)46-49-42(31-11-3-1-4-12-31)28-43(50-46)33-19-22-45-39(26-33)37-14-7-8-16-44(37)51-45/h1,3-8,11-22,25-28H,2,9-10,23-24H2. The van der Waals surface area contributed by atoms with Gasteiger partial charge in [0.15, 0.2) is 5.82 Å². The Hall–Kier alpha value is -6.31. The third-order valence-electron chi connectivity index (χ3n) is 11.1. The van der Waals surface area contributed by atoms with E-state index in [-0.39, 0.29) is 5.41 Å². The molecule has 2 aromatic heterocycles. The summed E-state index contributed by atoms with van der Waals surface area (Å²) in [4.78, 5) is 10.5. The van der Waals surface area contributed by atoms with E-state index in [0.717, 1.165) is 79.5 Å². The minimum atomic E-state index is -0.0620. The summed E-state index contributed by atoms with van der Waals surface area (Å²) in [6, 6.07) is 51.1. The maximum Gasteiger partial charge on any atom is 0.161 e. The maximum atomic E-state index is 9.80. The molecule has 242 valence electrons. The van der Waals surface area contributed by atoms with Crippen LogP contribution in [-0.2, 0) is 5.41 Å². The number of hydrogen-bond donors (Lipinski definition) is 0. The molecule has 0 atom stereocenters. The summed E-state index contributed by atoms with van der Waals surface area (Å²) in [6.45, 7) is 0. The Bertz CT molecular complexity index is 2690. The fourth-order valence-corrected chi connectivity index (χ4v) is 8.71. The van der Waals surface area contributed by atoms with Crippen molar-refractivity contribution in [1.29, 1.82) is 5.26 Å². The van der Waals surface area contributed by atoms with Crippen LogP contribution in [0.25, 0.3) is 78.1 Å². The zero-order valence-corrected chi connectivity index (χ0v) is 28.1. The summed E-state index contributed by atoms with van der Waals surface area (Å²) in [6.07, 6.45) is 5.86. The van der Waals surface area contributed by atoms with Crippen LogP contribution in [0.15, 0.2) is 144 Å². The highest BCUT2D eigenvalue weighted by Crippen LogP contribution is 2.56. The number of benzene rings is 6. The van der Waals surface area contributed by atoms with E-state index in [4.69, 9.17) is 14.4 Å². The molecule has 2 aliphatic rings. The van der Waals surface area contributed by atoms with E-state index in [0.29, 0.717) is 5.82 Å². The SMILES string of the molecule is N#Cc1ccc2c(c1)C1(CCCCC1)c1cc(-c3ccccc3-c3nc(-c4ccccc4)cc(-c4ccc5oc6ccccc6c5c4)n3)ccc1-2. The first kappa shape index (κ1) is 29.6. The van der Waals surface area contributed by atoms with Crippen molar-refractivity contribution in [2.45, 2.75) is 37.5 Å². The molecule has 6 aromatic carbocycles. The van der Waals surface area contributed by atoms with E-state index in [2.05, 4.69) is 115 Å². The van der Waals surface area contributed by atoms with Gasteiger partial charge in [-0.2, -0.15) is 5.26 Å². The van der Waals surface area contributed by atoms with Crippen LogP contribution in [0.5, 0.6) is 0 Å². The lowest BCUT2D eigenvalue weighted by molar-refractivity contribution is 0.353. The van der Waals surface area contributed by atoms with E-state index >= 15 is 0 Å². The maximum absolute atomic E-state index is 9.80. The van der Waals surface area contributed by atoms with Gasteiger partial charge >= 0.3 is 0 Å². The summed E-state index contributed by atoms with van der Waals surface area (Å²) < 4.78 is 6.15. The van der Waals surface area contributed by atoms with Crippen molar-refractivity contribution in [2.75, 3.05) is 0 Å². The van der Waals surface area contributed by atoms with E-state index in [9.17, 15) is 5.26 Å². The normalized spacial score (nSPS) is 14.4. The highest BCUT2D eigenvalue weighted by Gasteiger charge is 2.44. The summed E-state index contributed by atoms with van der Waals surface area (Å²) in [7, 11) is 0. The molecule has 0 bridgehead atoms. The van der Waals surface area contributed by atoms with Gasteiger partial charge in [-0.05, 0) is 94.8 Å². The first-order valence-corrected chi connectivity index (χ1v) is 17.8. The molecule has 1 saturated carbocycles. The van der Waals surface area contributed by atoms with Crippen LogP contribution in [0.4, 0.5) is 0 Å². The summed E-state index contributed by atoms with van der Waals surface area (Å²) in [5.74, 6) is 0.689. The zero-order valence-electron chi connectivity index (χ0n) is 28.1. The lowest BCUT2D eigenvalue weighted by Crippen LogP contribution is -2.28. The molecule has 4 heteroatoms. The van der Waals surface area contributed by atoms with Crippen LogP contribution in [0.2, 0.25) is 0 Å². The largest absolute Gasteiger partial charge is 0.456 e. The van der Waals surface area contributed by atoms with Crippen molar-refractivity contribution in [3.05, 3.63) is 156 Å². The predicted molar refractivity (Wildman–Crippen MR) is 205 cm³/mol. The third kappa shape index (κ3) is 4.73. The van der Waals surface area contributed by atoms with Gasteiger partial charge in [-0.25, -0.2) is 9.97 Å². The molecule has 2 heterocycles. The highest BCUT2D eigenvalue weighted by molar-refractivity contribution is 6.06. The third-order valence-corrected chi connectivity index (χ3v) is 11.1. The second-order valence-electron chi connectivity index (χ2n) is 14.0. The molecule has 51 heavy (non-hydrogen) atoms. The monoisotopic (exact) mass is 655 g/mol. The molecule has 2 aliphatic carbocycles. The van der Waals surface area contributed by atoms with Gasteiger partial charge in [0.2, 0.25) is 0 Å². The van der Waals surface area contributed by atoms with Crippen molar-refractivity contribution in [2.24, 2.45) is 0 Å². The smallest absolute Gasteiger partial charge is 0.161 e. The van der Waals surface area contributed by atoms with Crippen LogP contribution < -0.4 is 0 Å². The number of furan rings is 1. The second-order valence-corrected chi connectivity index (χ2v) is 14.0. The molecule has 0 unspecified atom stereocenters. The Morgan fingerprint density at radius 1 is 0.510 bits per heavy atom. The van der Waals surface area contributed by atoms with E-state index in [1.165, 1.54) is 41.5 Å². The van der Waals surface area contributed by atoms with Crippen molar-refractivity contribution in [3.63, 3.8) is 0 Å². The van der Waals surface area contributed by atoms with Crippen LogP contribution >= 0.6 is 0 Å². The van der Waals surface area contributed by atoms with Crippen LogP contribution in [0.3, 0.4) is 0 Å². The number of para-hydroxylation sites is 1. The molecule has 1 fully saturated rings. The number of hydrogen-bond acceptors (Lipinski definition) is 4. The fourth-order valence-electron chi connectivity index (χ4n) is 8.71. The van der Waals surface area contributed by atoms with Gasteiger partial charge in [0.05, 0.1) is 23.0 Å². The molecular weight excluding hydrogens is 623 g/mol. The molecule has 0 aliphatic heterocycles. The number of aromatic nitrogens is 2. The molecule has 0 radical (unpaired) electrons. The van der Waals surface area contributed by atoms with Gasteiger partial charge in [-0.1, -0.05) is 110 Å². The predicted octanol–water partition coefficient (Wildman–Crippen LogP) is 12.1. The van der Waals surface area contributed by atoms with Gasteiger partial charge in [-0.3, -0.25) is 0 Å². The number of nitriles is 1. The van der Waals surface area contributed by atoms with Crippen molar-refractivity contribution in [3.8, 4) is 62.2 Å². The number of nitrogens with zero attached hydrogens (tertiary/aromatic N) is 3. The molecular formula is C47H33N3O. The molecule has 4 nitrogen and oxygen atoms in total. The fraction of sp³-hybridized carbons (Fsp3) is 0.128. The summed E-state index contributed by atoms with van der Waals surface area (Å²) in [5, 5.41) is 12.0. The van der Waals surface area contributed by atoms with Crippen LogP contribution in [0.1, 0.15) is 48.8 Å². The summed E-state index contributed by atoms with van der Waals surface area (Å²) in [5.41, 5.74) is 14.7. The quantitative estimate of drug-likeness (QED) is 0.189. The van der Waals surface area contributed by atoms with Crippen molar-refractivity contribution in [1.82, 2.24) is 9.97 Å². The van der Waals surface area contributed by atoms with Gasteiger partial charge in [0, 0.05) is 32.9 Å². The Morgan fingerprint density at radius 2 is 1.18 bits per heavy atom. The topological polar surface area (TPSA) is 62.7 Å². The van der Waals surface area contributed by atoms with E-state index in [1.54, 1.807) is 0 Å². The Kier molecular flexibility index (Phi) is 6.76. The van der Waals surface area contributed by atoms with Gasteiger partial charge < -0.3 is 4.42 Å². The van der Waals surface area contributed by atoms with Gasteiger partial charge in [0.25, 0.3) is 0 Å². The van der Waals surface area contributed by atoms with Gasteiger partial charge in [0.1, 0.15) is 11.2 Å². The minimum absolute atomic E-state index is 0.0620. The molecule has 0 N–H and O–H groups in total. The minimum Gasteiger partial charge on any atom is -0.456 e. The first-order valence-electron chi connectivity index (χ1n) is 17.8. The first-order chi connectivity index (χ1) is 25.2. The Balaban J connectivity index is 1.14. The van der Waals surface area contributed by atoms with E-state index < -0.39 is 0 Å². The molecule has 0 amide bonds. The summed E-state index contributed by atoms with van der Waals surface area (Å²) >= 11 is 0. The lowest BCUT2D eigenvalue weighted by atomic mass is 9.67. The highest BCUT2D eigenvalue weighted by atomic mass is 16.3. The Morgan fingerprint density at radius 3 is 2.00 bits per heavy atom. The Labute approximate surface area is 296 Å².